The molecular formula is C11H9Cl2NO3. The molecule has 0 fully saturated rings. The molecule has 1 aromatic rings. The van der Waals surface area contributed by atoms with Gasteiger partial charge in [0.15, 0.2) is 0 Å². The minimum atomic E-state index is -1.13. The lowest BCUT2D eigenvalue weighted by Crippen LogP contribution is -2.34. The highest BCUT2D eigenvalue weighted by molar-refractivity contribution is 6.42. The molecule has 0 unspecified atom stereocenters. The lowest BCUT2D eigenvalue weighted by molar-refractivity contribution is -0.136. The van der Waals surface area contributed by atoms with Gasteiger partial charge in [-0.2, -0.15) is 0 Å². The van der Waals surface area contributed by atoms with E-state index in [-0.39, 0.29) is 5.02 Å². The number of carbonyl (C=O) groups is 2. The highest BCUT2D eigenvalue weighted by Gasteiger charge is 2.17. The monoisotopic (exact) mass is 273 g/mol. The van der Waals surface area contributed by atoms with Crippen LogP contribution in [0.25, 0.3) is 0 Å². The average molecular weight is 274 g/mol. The fourth-order valence-corrected chi connectivity index (χ4v) is 1.49. The molecule has 0 aliphatic heterocycles. The van der Waals surface area contributed by atoms with Gasteiger partial charge in [0.25, 0.3) is 5.91 Å². The van der Waals surface area contributed by atoms with Crippen molar-refractivity contribution in [3.8, 4) is 0 Å². The summed E-state index contributed by atoms with van der Waals surface area (Å²) in [6.07, 6.45) is 1.03. The van der Waals surface area contributed by atoms with E-state index >= 15 is 0 Å². The first kappa shape index (κ1) is 13.5. The minimum Gasteiger partial charge on any atom is -0.480 e. The van der Waals surface area contributed by atoms with Gasteiger partial charge in [-0.1, -0.05) is 29.8 Å². The maximum Gasteiger partial charge on any atom is 0.323 e. The van der Waals surface area contributed by atoms with Crippen molar-refractivity contribution in [2.75, 3.05) is 11.4 Å². The number of rotatable bonds is 4. The Kier molecular flexibility index (Phi) is 4.54. The molecule has 0 saturated carbocycles. The molecule has 0 spiro atoms. The molecule has 1 rings (SSSR count). The molecule has 0 heterocycles. The van der Waals surface area contributed by atoms with Crippen molar-refractivity contribution in [2.45, 2.75) is 0 Å². The van der Waals surface area contributed by atoms with Gasteiger partial charge in [-0.15, -0.1) is 0 Å². The summed E-state index contributed by atoms with van der Waals surface area (Å²) < 4.78 is 0. The summed E-state index contributed by atoms with van der Waals surface area (Å²) in [6.45, 7) is 2.84. The van der Waals surface area contributed by atoms with E-state index in [9.17, 15) is 9.59 Å². The van der Waals surface area contributed by atoms with Gasteiger partial charge in [0.05, 0.1) is 10.0 Å². The zero-order chi connectivity index (χ0) is 13.0. The third-order valence-corrected chi connectivity index (χ3v) is 2.69. The number of carbonyl (C=O) groups excluding carboxylic acids is 1. The Balaban J connectivity index is 3.12. The number of carboxylic acid groups (broad SMARTS) is 1. The molecule has 6 heteroatoms. The van der Waals surface area contributed by atoms with E-state index in [1.165, 1.54) is 18.2 Å². The van der Waals surface area contributed by atoms with E-state index in [1.807, 2.05) is 0 Å². The first-order valence-corrected chi connectivity index (χ1v) is 5.32. The van der Waals surface area contributed by atoms with Crippen LogP contribution in [0.15, 0.2) is 30.9 Å². The molecule has 0 aliphatic rings. The maximum atomic E-state index is 11.5. The van der Waals surface area contributed by atoms with E-state index in [0.29, 0.717) is 10.7 Å². The van der Waals surface area contributed by atoms with E-state index < -0.39 is 18.4 Å². The van der Waals surface area contributed by atoms with Crippen molar-refractivity contribution in [1.82, 2.24) is 0 Å². The van der Waals surface area contributed by atoms with Crippen LogP contribution in [0.2, 0.25) is 10.0 Å². The molecule has 0 radical (unpaired) electrons. The number of anilines is 1. The van der Waals surface area contributed by atoms with Gasteiger partial charge in [0, 0.05) is 5.69 Å². The number of hydrogen-bond donors (Lipinski definition) is 1. The summed E-state index contributed by atoms with van der Waals surface area (Å²) >= 11 is 11.5. The number of carboxylic acids is 1. The normalized spacial score (nSPS) is 9.76. The van der Waals surface area contributed by atoms with E-state index in [4.69, 9.17) is 28.3 Å². The van der Waals surface area contributed by atoms with Gasteiger partial charge >= 0.3 is 5.97 Å². The topological polar surface area (TPSA) is 57.6 Å². The quantitative estimate of drug-likeness (QED) is 0.858. The molecule has 0 aromatic heterocycles. The van der Waals surface area contributed by atoms with Crippen LogP contribution in [0, 0.1) is 0 Å². The average Bonchev–Trinajstić information content (AvgIpc) is 2.28. The molecule has 0 saturated heterocycles. The third kappa shape index (κ3) is 3.47. The minimum absolute atomic E-state index is 0.247. The number of aliphatic carboxylic acids is 1. The molecule has 4 nitrogen and oxygen atoms in total. The molecule has 1 amide bonds. The molecule has 0 aliphatic carbocycles. The summed E-state index contributed by atoms with van der Waals surface area (Å²) in [6, 6.07) is 4.43. The summed E-state index contributed by atoms with van der Waals surface area (Å²) in [5, 5.41) is 9.30. The van der Waals surface area contributed by atoms with E-state index in [2.05, 4.69) is 6.58 Å². The van der Waals surface area contributed by atoms with Crippen molar-refractivity contribution in [1.29, 1.82) is 0 Å². The Morgan fingerprint density at radius 2 is 2.00 bits per heavy atom. The van der Waals surface area contributed by atoms with E-state index in [0.717, 1.165) is 11.0 Å². The Labute approximate surface area is 108 Å². The van der Waals surface area contributed by atoms with Crippen molar-refractivity contribution < 1.29 is 14.7 Å². The lowest BCUT2D eigenvalue weighted by atomic mass is 10.2. The van der Waals surface area contributed by atoms with Gasteiger partial charge in [0.2, 0.25) is 0 Å². The molecule has 17 heavy (non-hydrogen) atoms. The first-order chi connectivity index (χ1) is 7.95. The van der Waals surface area contributed by atoms with Crippen molar-refractivity contribution in [3.63, 3.8) is 0 Å². The van der Waals surface area contributed by atoms with Gasteiger partial charge < -0.3 is 5.11 Å². The molecular weight excluding hydrogens is 265 g/mol. The number of hydrogen-bond acceptors (Lipinski definition) is 2. The largest absolute Gasteiger partial charge is 0.480 e. The molecule has 1 N–H and O–H groups in total. The maximum absolute atomic E-state index is 11.5. The molecule has 0 bridgehead atoms. The first-order valence-electron chi connectivity index (χ1n) is 4.56. The smallest absolute Gasteiger partial charge is 0.323 e. The fraction of sp³-hybridized carbons (Fsp3) is 0.0909. The Hall–Kier alpha value is -1.52. The van der Waals surface area contributed by atoms with Crippen LogP contribution in [0.1, 0.15) is 0 Å². The highest BCUT2D eigenvalue weighted by atomic mass is 35.5. The fourth-order valence-electron chi connectivity index (χ4n) is 1.19. The van der Waals surface area contributed by atoms with Crippen LogP contribution in [0.4, 0.5) is 5.69 Å². The summed E-state index contributed by atoms with van der Waals surface area (Å²) in [4.78, 5) is 23.2. The zero-order valence-corrected chi connectivity index (χ0v) is 10.2. The number of benzene rings is 1. The molecule has 1 aromatic carbocycles. The summed E-state index contributed by atoms with van der Waals surface area (Å²) in [5.74, 6) is -1.66. The summed E-state index contributed by atoms with van der Waals surface area (Å²) in [7, 11) is 0. The van der Waals surface area contributed by atoms with Crippen molar-refractivity contribution >= 4 is 40.8 Å². The van der Waals surface area contributed by atoms with Crippen LogP contribution in [0.3, 0.4) is 0 Å². The van der Waals surface area contributed by atoms with Crippen LogP contribution in [0.5, 0.6) is 0 Å². The van der Waals surface area contributed by atoms with Crippen molar-refractivity contribution in [2.24, 2.45) is 0 Å². The predicted octanol–water partition coefficient (Wildman–Crippen LogP) is 2.60. The Bertz CT molecular complexity index is 474. The Morgan fingerprint density at radius 1 is 1.35 bits per heavy atom. The SMILES string of the molecule is C=CC(=O)N(CC(=O)O)c1ccc(Cl)c(Cl)c1. The number of nitrogens with zero attached hydrogens (tertiary/aromatic N) is 1. The lowest BCUT2D eigenvalue weighted by Gasteiger charge is -2.19. The number of amides is 1. The second-order valence-corrected chi connectivity index (χ2v) is 3.94. The second kappa shape index (κ2) is 5.70. The number of halogens is 2. The summed E-state index contributed by atoms with van der Waals surface area (Å²) in [5.41, 5.74) is 0.353. The zero-order valence-electron chi connectivity index (χ0n) is 8.69. The third-order valence-electron chi connectivity index (χ3n) is 1.95. The highest BCUT2D eigenvalue weighted by Crippen LogP contribution is 2.27. The van der Waals surface area contributed by atoms with Gasteiger partial charge in [-0.05, 0) is 24.3 Å². The van der Waals surface area contributed by atoms with Crippen LogP contribution >= 0.6 is 23.2 Å². The van der Waals surface area contributed by atoms with Gasteiger partial charge in [-0.3, -0.25) is 14.5 Å². The van der Waals surface area contributed by atoms with Crippen LogP contribution in [-0.4, -0.2) is 23.5 Å². The van der Waals surface area contributed by atoms with Crippen LogP contribution < -0.4 is 4.90 Å². The Morgan fingerprint density at radius 3 is 2.47 bits per heavy atom. The van der Waals surface area contributed by atoms with E-state index in [1.54, 1.807) is 0 Å². The molecule has 90 valence electrons. The second-order valence-electron chi connectivity index (χ2n) is 3.12. The molecule has 0 atom stereocenters. The predicted molar refractivity (Wildman–Crippen MR) is 66.6 cm³/mol. The van der Waals surface area contributed by atoms with Gasteiger partial charge in [-0.25, -0.2) is 0 Å². The van der Waals surface area contributed by atoms with Crippen molar-refractivity contribution in [3.05, 3.63) is 40.9 Å². The standard InChI is InChI=1S/C11H9Cl2NO3/c1-2-10(15)14(6-11(16)17)7-3-4-8(12)9(13)5-7/h2-5H,1,6H2,(H,16,17). The van der Waals surface area contributed by atoms with Crippen LogP contribution in [-0.2, 0) is 9.59 Å². The van der Waals surface area contributed by atoms with Gasteiger partial charge in [0.1, 0.15) is 6.54 Å².